The average molecular weight is 362 g/mol. The minimum Gasteiger partial charge on any atom is -0.381 e. The number of rotatable bonds is 6. The van der Waals surface area contributed by atoms with Crippen molar-refractivity contribution < 1.29 is 8.42 Å². The van der Waals surface area contributed by atoms with Crippen LogP contribution in [0.25, 0.3) is 0 Å². The van der Waals surface area contributed by atoms with Crippen LogP contribution in [-0.4, -0.2) is 34.8 Å². The highest BCUT2D eigenvalue weighted by Gasteiger charge is 2.26. The van der Waals surface area contributed by atoms with E-state index >= 15 is 0 Å². The van der Waals surface area contributed by atoms with Crippen LogP contribution in [0.3, 0.4) is 0 Å². The third-order valence-corrected chi connectivity index (χ3v) is 6.48. The van der Waals surface area contributed by atoms with Crippen LogP contribution < -0.4 is 5.32 Å². The third kappa shape index (κ3) is 3.88. The second-order valence-corrected chi connectivity index (χ2v) is 8.96. The van der Waals surface area contributed by atoms with Crippen LogP contribution in [0.1, 0.15) is 43.5 Å². The topological polar surface area (TPSA) is 67.2 Å². The summed E-state index contributed by atoms with van der Waals surface area (Å²) in [5, 5.41) is 7.85. The van der Waals surface area contributed by atoms with E-state index in [1.807, 2.05) is 23.0 Å². The summed E-state index contributed by atoms with van der Waals surface area (Å²) in [6.07, 6.45) is 4.68. The molecule has 1 aliphatic heterocycles. The molecular formula is C18H26N4O2S. The number of sulfonamides is 1. The number of anilines is 1. The zero-order chi connectivity index (χ0) is 18.0. The molecule has 0 saturated carbocycles. The molecule has 0 fully saturated rings. The third-order valence-electron chi connectivity index (χ3n) is 4.66. The average Bonchev–Trinajstić information content (AvgIpc) is 3.08. The molecular weight excluding hydrogens is 336 g/mol. The second kappa shape index (κ2) is 7.17. The van der Waals surface area contributed by atoms with Gasteiger partial charge in [0.15, 0.2) is 0 Å². The standard InChI is InChI=1S/C18H26N4O2S/c1-4-25(23,24)21-9-8-17-16(13-21)6-5-7-18(17)19-10-15-11-20-22(12-15)14(2)3/h5-7,11-12,14,19H,4,8-10,13H2,1-3H3. The van der Waals surface area contributed by atoms with Crippen molar-refractivity contribution in [3.63, 3.8) is 0 Å². The summed E-state index contributed by atoms with van der Waals surface area (Å²) in [5.41, 5.74) is 4.54. The van der Waals surface area contributed by atoms with E-state index in [1.54, 1.807) is 11.2 Å². The molecule has 0 spiro atoms. The molecule has 25 heavy (non-hydrogen) atoms. The van der Waals surface area contributed by atoms with Crippen LogP contribution in [0.4, 0.5) is 5.69 Å². The van der Waals surface area contributed by atoms with Crippen LogP contribution >= 0.6 is 0 Å². The van der Waals surface area contributed by atoms with Gasteiger partial charge in [0.25, 0.3) is 0 Å². The van der Waals surface area contributed by atoms with E-state index in [4.69, 9.17) is 0 Å². The molecule has 1 aromatic heterocycles. The minimum atomic E-state index is -3.14. The summed E-state index contributed by atoms with van der Waals surface area (Å²) < 4.78 is 27.8. The number of benzene rings is 1. The Morgan fingerprint density at radius 3 is 2.80 bits per heavy atom. The van der Waals surface area contributed by atoms with Gasteiger partial charge in [-0.25, -0.2) is 8.42 Å². The van der Waals surface area contributed by atoms with Crippen molar-refractivity contribution >= 4 is 15.7 Å². The van der Waals surface area contributed by atoms with Crippen molar-refractivity contribution in [2.24, 2.45) is 0 Å². The Hall–Kier alpha value is -1.86. The molecule has 1 aliphatic rings. The number of nitrogens with zero attached hydrogens (tertiary/aromatic N) is 3. The first-order valence-corrected chi connectivity index (χ1v) is 10.4. The molecule has 0 aliphatic carbocycles. The Balaban J connectivity index is 1.73. The molecule has 0 unspecified atom stereocenters. The normalized spacial score (nSPS) is 15.4. The molecule has 6 nitrogen and oxygen atoms in total. The van der Waals surface area contributed by atoms with Crippen LogP contribution in [0.15, 0.2) is 30.6 Å². The fourth-order valence-corrected chi connectivity index (χ4v) is 4.19. The molecule has 2 aromatic rings. The Morgan fingerprint density at radius 1 is 1.32 bits per heavy atom. The largest absolute Gasteiger partial charge is 0.381 e. The van der Waals surface area contributed by atoms with Crippen molar-refractivity contribution in [2.75, 3.05) is 17.6 Å². The highest BCUT2D eigenvalue weighted by Crippen LogP contribution is 2.28. The summed E-state index contributed by atoms with van der Waals surface area (Å²) >= 11 is 0. The molecule has 0 saturated heterocycles. The van der Waals surface area contributed by atoms with E-state index in [0.29, 0.717) is 25.7 Å². The van der Waals surface area contributed by atoms with Gasteiger partial charge in [0.05, 0.1) is 11.9 Å². The predicted molar refractivity (Wildman–Crippen MR) is 100.0 cm³/mol. The van der Waals surface area contributed by atoms with E-state index in [1.165, 1.54) is 5.56 Å². The Morgan fingerprint density at radius 2 is 2.12 bits per heavy atom. The lowest BCUT2D eigenvalue weighted by atomic mass is 9.99. The van der Waals surface area contributed by atoms with Gasteiger partial charge in [-0.05, 0) is 44.4 Å². The van der Waals surface area contributed by atoms with Crippen molar-refractivity contribution in [3.8, 4) is 0 Å². The molecule has 2 heterocycles. The van der Waals surface area contributed by atoms with Gasteiger partial charge in [-0.3, -0.25) is 4.68 Å². The van der Waals surface area contributed by atoms with Gasteiger partial charge in [-0.15, -0.1) is 0 Å². The smallest absolute Gasteiger partial charge is 0.214 e. The fraction of sp³-hybridized carbons (Fsp3) is 0.500. The van der Waals surface area contributed by atoms with Crippen molar-refractivity contribution in [1.29, 1.82) is 0 Å². The lowest BCUT2D eigenvalue weighted by Crippen LogP contribution is -2.37. The summed E-state index contributed by atoms with van der Waals surface area (Å²) in [6, 6.07) is 6.43. The van der Waals surface area contributed by atoms with Gasteiger partial charge in [0, 0.05) is 43.1 Å². The molecule has 3 rings (SSSR count). The summed E-state index contributed by atoms with van der Waals surface area (Å²) in [7, 11) is -3.14. The summed E-state index contributed by atoms with van der Waals surface area (Å²) in [4.78, 5) is 0. The highest BCUT2D eigenvalue weighted by molar-refractivity contribution is 7.89. The zero-order valence-electron chi connectivity index (χ0n) is 15.1. The van der Waals surface area contributed by atoms with Gasteiger partial charge in [0.2, 0.25) is 10.0 Å². The summed E-state index contributed by atoms with van der Waals surface area (Å²) in [5.74, 6) is 0.153. The first kappa shape index (κ1) is 17.9. The quantitative estimate of drug-likeness (QED) is 0.858. The molecule has 1 N–H and O–H groups in total. The van der Waals surface area contributed by atoms with Gasteiger partial charge < -0.3 is 5.32 Å². The van der Waals surface area contributed by atoms with Crippen LogP contribution in [0, 0.1) is 0 Å². The number of hydrogen-bond donors (Lipinski definition) is 1. The second-order valence-electron chi connectivity index (χ2n) is 6.70. The Kier molecular flexibility index (Phi) is 5.15. The number of nitrogens with one attached hydrogen (secondary N) is 1. The van der Waals surface area contributed by atoms with Gasteiger partial charge >= 0.3 is 0 Å². The maximum Gasteiger partial charge on any atom is 0.214 e. The lowest BCUT2D eigenvalue weighted by Gasteiger charge is -2.29. The zero-order valence-corrected chi connectivity index (χ0v) is 15.9. The molecule has 136 valence electrons. The maximum atomic E-state index is 12.1. The summed E-state index contributed by atoms with van der Waals surface area (Å²) in [6.45, 7) is 7.63. The number of hydrogen-bond acceptors (Lipinski definition) is 4. The van der Waals surface area contributed by atoms with Crippen molar-refractivity contribution in [2.45, 2.75) is 46.3 Å². The fourth-order valence-electron chi connectivity index (χ4n) is 3.12. The van der Waals surface area contributed by atoms with Gasteiger partial charge in [-0.2, -0.15) is 9.40 Å². The lowest BCUT2D eigenvalue weighted by molar-refractivity contribution is 0.392. The molecule has 0 radical (unpaired) electrons. The van der Waals surface area contributed by atoms with E-state index < -0.39 is 10.0 Å². The minimum absolute atomic E-state index is 0.153. The molecule has 1 aromatic carbocycles. The SMILES string of the molecule is CCS(=O)(=O)N1CCc2c(cccc2NCc2cnn(C(C)C)c2)C1. The number of fused-ring (bicyclic) bond motifs is 1. The van der Waals surface area contributed by atoms with E-state index in [0.717, 1.165) is 23.2 Å². The monoisotopic (exact) mass is 362 g/mol. The maximum absolute atomic E-state index is 12.1. The first-order chi connectivity index (χ1) is 11.9. The molecule has 0 bridgehead atoms. The Bertz CT molecular complexity index is 843. The van der Waals surface area contributed by atoms with Crippen LogP contribution in [0.2, 0.25) is 0 Å². The first-order valence-electron chi connectivity index (χ1n) is 8.76. The highest BCUT2D eigenvalue weighted by atomic mass is 32.2. The van der Waals surface area contributed by atoms with Gasteiger partial charge in [-0.1, -0.05) is 12.1 Å². The molecule has 0 amide bonds. The van der Waals surface area contributed by atoms with Crippen LogP contribution in [-0.2, 0) is 29.5 Å². The van der Waals surface area contributed by atoms with Crippen LogP contribution in [0.5, 0.6) is 0 Å². The number of aromatic nitrogens is 2. The molecule has 7 heteroatoms. The van der Waals surface area contributed by atoms with Crippen molar-refractivity contribution in [3.05, 3.63) is 47.3 Å². The van der Waals surface area contributed by atoms with E-state index in [-0.39, 0.29) is 5.75 Å². The Labute approximate surface area is 149 Å². The molecule has 0 atom stereocenters. The van der Waals surface area contributed by atoms with E-state index in [9.17, 15) is 8.42 Å². The predicted octanol–water partition coefficient (Wildman–Crippen LogP) is 2.78. The van der Waals surface area contributed by atoms with Gasteiger partial charge in [0.1, 0.15) is 0 Å². The van der Waals surface area contributed by atoms with E-state index in [2.05, 4.69) is 36.5 Å². The van der Waals surface area contributed by atoms with Crippen molar-refractivity contribution in [1.82, 2.24) is 14.1 Å².